The average Bonchev–Trinajstić information content (AvgIpc) is 2.81. The molecule has 18 heavy (non-hydrogen) atoms. The summed E-state index contributed by atoms with van der Waals surface area (Å²) in [5.41, 5.74) is 1.04. The zero-order valence-corrected chi connectivity index (χ0v) is 11.8. The molecule has 0 N–H and O–H groups in total. The van der Waals surface area contributed by atoms with Gasteiger partial charge in [0.25, 0.3) is 0 Å². The number of ether oxygens (including phenoxy) is 2. The van der Waals surface area contributed by atoms with E-state index >= 15 is 0 Å². The fourth-order valence-corrected chi connectivity index (χ4v) is 1.96. The number of hydrogen-bond donors (Lipinski definition) is 0. The summed E-state index contributed by atoms with van der Waals surface area (Å²) in [6.45, 7) is 0.392. The monoisotopic (exact) mass is 311 g/mol. The predicted molar refractivity (Wildman–Crippen MR) is 71.0 cm³/mol. The van der Waals surface area contributed by atoms with Crippen LogP contribution in [0.2, 0.25) is 0 Å². The normalized spacial score (nSPS) is 10.4. The molecule has 0 fully saturated rings. The third-order valence-corrected chi connectivity index (χ3v) is 3.18. The van der Waals surface area contributed by atoms with E-state index in [1.54, 1.807) is 11.8 Å². The van der Waals surface area contributed by atoms with E-state index in [0.717, 1.165) is 22.9 Å². The van der Waals surface area contributed by atoms with E-state index in [2.05, 4.69) is 26.0 Å². The molecule has 0 unspecified atom stereocenters. The Bertz CT molecular complexity index is 528. The number of nitrogens with zero attached hydrogens (tertiary/aromatic N) is 3. The molecular formula is C12H14BrN3O2. The summed E-state index contributed by atoms with van der Waals surface area (Å²) in [5.74, 6) is 2.41. The van der Waals surface area contributed by atoms with Crippen LogP contribution in [0.4, 0.5) is 0 Å². The van der Waals surface area contributed by atoms with E-state index < -0.39 is 0 Å². The number of hydrogen-bond acceptors (Lipinski definition) is 4. The molecule has 0 aliphatic carbocycles. The lowest BCUT2D eigenvalue weighted by Crippen LogP contribution is -2.05. The van der Waals surface area contributed by atoms with Gasteiger partial charge in [0.15, 0.2) is 5.82 Å². The SMILES string of the molecule is COc1ccc(OCc2ncnn2C)c(CBr)c1. The minimum Gasteiger partial charge on any atom is -0.497 e. The Hall–Kier alpha value is -1.56. The van der Waals surface area contributed by atoms with Crippen LogP contribution in [-0.4, -0.2) is 21.9 Å². The highest BCUT2D eigenvalue weighted by Crippen LogP contribution is 2.26. The fourth-order valence-electron chi connectivity index (χ4n) is 1.52. The Balaban J connectivity index is 2.11. The summed E-state index contributed by atoms with van der Waals surface area (Å²) in [6, 6.07) is 5.71. The van der Waals surface area contributed by atoms with Gasteiger partial charge in [0.1, 0.15) is 24.4 Å². The van der Waals surface area contributed by atoms with Crippen LogP contribution in [0.5, 0.6) is 11.5 Å². The van der Waals surface area contributed by atoms with Gasteiger partial charge in [-0.2, -0.15) is 5.10 Å². The third kappa shape index (κ3) is 2.81. The van der Waals surface area contributed by atoms with E-state index in [0.29, 0.717) is 11.9 Å². The van der Waals surface area contributed by atoms with Crippen molar-refractivity contribution in [2.45, 2.75) is 11.9 Å². The van der Waals surface area contributed by atoms with Crippen molar-refractivity contribution >= 4 is 15.9 Å². The number of rotatable bonds is 5. The highest BCUT2D eigenvalue weighted by atomic mass is 79.9. The molecule has 0 amide bonds. The molecule has 0 aliphatic heterocycles. The molecule has 96 valence electrons. The first-order valence-corrected chi connectivity index (χ1v) is 6.55. The van der Waals surface area contributed by atoms with Gasteiger partial charge in [0, 0.05) is 17.9 Å². The average molecular weight is 312 g/mol. The smallest absolute Gasteiger partial charge is 0.164 e. The topological polar surface area (TPSA) is 49.2 Å². The van der Waals surface area contributed by atoms with E-state index in [-0.39, 0.29) is 0 Å². The molecule has 1 aromatic carbocycles. The second-order valence-electron chi connectivity index (χ2n) is 3.70. The van der Waals surface area contributed by atoms with Crippen molar-refractivity contribution in [1.82, 2.24) is 14.8 Å². The molecule has 2 rings (SSSR count). The van der Waals surface area contributed by atoms with Crippen molar-refractivity contribution in [3.05, 3.63) is 35.9 Å². The third-order valence-electron chi connectivity index (χ3n) is 2.57. The minimum absolute atomic E-state index is 0.392. The first kappa shape index (κ1) is 12.9. The Kier molecular flexibility index (Phi) is 4.19. The van der Waals surface area contributed by atoms with Crippen molar-refractivity contribution in [2.24, 2.45) is 7.05 Å². The summed E-state index contributed by atoms with van der Waals surface area (Å²) < 4.78 is 12.6. The molecule has 1 aromatic heterocycles. The van der Waals surface area contributed by atoms with Gasteiger partial charge < -0.3 is 9.47 Å². The lowest BCUT2D eigenvalue weighted by molar-refractivity contribution is 0.287. The Morgan fingerprint density at radius 3 is 2.83 bits per heavy atom. The molecule has 0 spiro atoms. The number of benzene rings is 1. The van der Waals surface area contributed by atoms with Crippen LogP contribution < -0.4 is 9.47 Å². The quantitative estimate of drug-likeness (QED) is 0.795. The Labute approximate surface area is 114 Å². The molecule has 2 aromatic rings. The molecule has 0 saturated heterocycles. The van der Waals surface area contributed by atoms with Gasteiger partial charge in [-0.05, 0) is 18.2 Å². The van der Waals surface area contributed by atoms with Crippen molar-refractivity contribution in [3.8, 4) is 11.5 Å². The Morgan fingerprint density at radius 2 is 2.22 bits per heavy atom. The minimum atomic E-state index is 0.392. The summed E-state index contributed by atoms with van der Waals surface area (Å²) in [5, 5.41) is 4.70. The van der Waals surface area contributed by atoms with Crippen molar-refractivity contribution in [2.75, 3.05) is 7.11 Å². The molecular weight excluding hydrogens is 298 g/mol. The van der Waals surface area contributed by atoms with Crippen molar-refractivity contribution < 1.29 is 9.47 Å². The van der Waals surface area contributed by atoms with Crippen molar-refractivity contribution in [3.63, 3.8) is 0 Å². The van der Waals surface area contributed by atoms with Crippen LogP contribution >= 0.6 is 15.9 Å². The van der Waals surface area contributed by atoms with Gasteiger partial charge in [0.05, 0.1) is 7.11 Å². The molecule has 0 radical (unpaired) electrons. The van der Waals surface area contributed by atoms with Gasteiger partial charge in [-0.15, -0.1) is 0 Å². The second-order valence-corrected chi connectivity index (χ2v) is 4.26. The lowest BCUT2D eigenvalue weighted by atomic mass is 10.2. The molecule has 6 heteroatoms. The highest BCUT2D eigenvalue weighted by Gasteiger charge is 2.07. The van der Waals surface area contributed by atoms with E-state index in [9.17, 15) is 0 Å². The Morgan fingerprint density at radius 1 is 1.39 bits per heavy atom. The number of methoxy groups -OCH3 is 1. The summed E-state index contributed by atoms with van der Waals surface area (Å²) in [7, 11) is 3.48. The van der Waals surface area contributed by atoms with Crippen LogP contribution in [0.1, 0.15) is 11.4 Å². The van der Waals surface area contributed by atoms with Crippen LogP contribution in [0.25, 0.3) is 0 Å². The second kappa shape index (κ2) is 5.86. The van der Waals surface area contributed by atoms with Gasteiger partial charge in [-0.3, -0.25) is 4.68 Å². The van der Waals surface area contributed by atoms with Gasteiger partial charge >= 0.3 is 0 Å². The molecule has 5 nitrogen and oxygen atoms in total. The zero-order chi connectivity index (χ0) is 13.0. The summed E-state index contributed by atoms with van der Waals surface area (Å²) >= 11 is 3.44. The maximum Gasteiger partial charge on any atom is 0.164 e. The lowest BCUT2D eigenvalue weighted by Gasteiger charge is -2.11. The van der Waals surface area contributed by atoms with Crippen LogP contribution in [-0.2, 0) is 19.0 Å². The first-order chi connectivity index (χ1) is 8.74. The molecule has 0 atom stereocenters. The number of aryl methyl sites for hydroxylation is 1. The largest absolute Gasteiger partial charge is 0.497 e. The molecule has 1 heterocycles. The summed E-state index contributed by atoms with van der Waals surface area (Å²) in [6.07, 6.45) is 1.51. The van der Waals surface area contributed by atoms with E-state index in [4.69, 9.17) is 9.47 Å². The molecule has 0 bridgehead atoms. The fraction of sp³-hybridized carbons (Fsp3) is 0.333. The van der Waals surface area contributed by atoms with E-state index in [1.165, 1.54) is 6.33 Å². The summed E-state index contributed by atoms with van der Waals surface area (Å²) in [4.78, 5) is 4.11. The highest BCUT2D eigenvalue weighted by molar-refractivity contribution is 9.08. The van der Waals surface area contributed by atoms with Crippen molar-refractivity contribution in [1.29, 1.82) is 0 Å². The van der Waals surface area contributed by atoms with Crippen LogP contribution in [0.3, 0.4) is 0 Å². The number of aromatic nitrogens is 3. The molecule has 0 saturated carbocycles. The van der Waals surface area contributed by atoms with E-state index in [1.807, 2.05) is 25.2 Å². The standard InChI is InChI=1S/C12H14BrN3O2/c1-16-12(14-8-15-16)7-18-11-4-3-10(17-2)5-9(11)6-13/h3-5,8H,6-7H2,1-2H3. The van der Waals surface area contributed by atoms with Crippen LogP contribution in [0.15, 0.2) is 24.5 Å². The maximum atomic E-state index is 5.74. The number of halogens is 1. The first-order valence-electron chi connectivity index (χ1n) is 5.43. The van der Waals surface area contributed by atoms with Gasteiger partial charge in [-0.25, -0.2) is 4.98 Å². The van der Waals surface area contributed by atoms with Gasteiger partial charge in [0.2, 0.25) is 0 Å². The number of alkyl halides is 1. The molecule has 0 aliphatic rings. The predicted octanol–water partition coefficient (Wildman–Crippen LogP) is 2.30. The van der Waals surface area contributed by atoms with Gasteiger partial charge in [-0.1, -0.05) is 15.9 Å². The van der Waals surface area contributed by atoms with Crippen LogP contribution in [0, 0.1) is 0 Å². The zero-order valence-electron chi connectivity index (χ0n) is 10.3. The maximum absolute atomic E-state index is 5.74.